The van der Waals surface area contributed by atoms with Crippen molar-refractivity contribution in [2.75, 3.05) is 25.0 Å². The van der Waals surface area contributed by atoms with Gasteiger partial charge in [0.15, 0.2) is 0 Å². The van der Waals surface area contributed by atoms with E-state index in [2.05, 4.69) is 15.6 Å². The zero-order chi connectivity index (χ0) is 21.2. The van der Waals surface area contributed by atoms with Gasteiger partial charge in [-0.1, -0.05) is 0 Å². The van der Waals surface area contributed by atoms with Gasteiger partial charge < -0.3 is 15.5 Å². The molecule has 0 bridgehead atoms. The third kappa shape index (κ3) is 5.05. The fourth-order valence-electron chi connectivity index (χ4n) is 3.38. The number of nitrogens with two attached hydrogens (primary N) is 1. The average molecular weight is 441 g/mol. The number of ketones is 1. The van der Waals surface area contributed by atoms with E-state index in [1.165, 1.54) is 6.92 Å². The fraction of sp³-hybridized carbons (Fsp3) is 0.526. The Morgan fingerprint density at radius 3 is 2.76 bits per heavy atom. The molecule has 29 heavy (non-hydrogen) atoms. The molecule has 3 rings (SSSR count). The molecule has 1 saturated carbocycles. The number of pyridine rings is 1. The Bertz CT molecular complexity index is 845. The molecule has 0 unspecified atom stereocenters. The molecule has 2 fully saturated rings. The monoisotopic (exact) mass is 440 g/mol. The van der Waals surface area contributed by atoms with Crippen LogP contribution in [0.15, 0.2) is 18.3 Å². The quantitative estimate of drug-likeness (QED) is 0.386. The number of amides is 2. The lowest BCUT2D eigenvalue weighted by molar-refractivity contribution is -0.137. The second-order valence-electron chi connectivity index (χ2n) is 7.38. The van der Waals surface area contributed by atoms with Gasteiger partial charge in [0.05, 0.1) is 12.1 Å². The van der Waals surface area contributed by atoms with Gasteiger partial charge >= 0.3 is 0 Å². The van der Waals surface area contributed by atoms with E-state index >= 15 is 0 Å². The number of nitrogens with zero attached hydrogens (tertiary/aromatic N) is 2. The minimum absolute atomic E-state index is 0.0487. The molecule has 4 N–H and O–H groups in total. The number of alkyl halides is 2. The summed E-state index contributed by atoms with van der Waals surface area (Å²) in [5, 5.41) is 11.6. The Kier molecular flexibility index (Phi) is 6.43. The molecule has 10 heteroatoms. The molecule has 2 amide bonds. The standard InChI is InChI=1S/C19H23Cl2N5O3/c1-11(27)16(22)13-4-2-6-23-17(13)24-10-15(28)26-7-3-5-14(26)18(29)25-9-12-8-19(12,20)21/h2,4,6,12,14,22H,3,5,7-10H2,1H3,(H,23,24)(H,25,29)/p+1/t12-,14+/m1/s1. The van der Waals surface area contributed by atoms with E-state index in [9.17, 15) is 14.4 Å². The molecule has 0 radical (unpaired) electrons. The van der Waals surface area contributed by atoms with E-state index in [0.29, 0.717) is 37.3 Å². The molecule has 156 valence electrons. The Morgan fingerprint density at radius 1 is 1.38 bits per heavy atom. The van der Waals surface area contributed by atoms with Crippen molar-refractivity contribution in [1.29, 1.82) is 0 Å². The topological polar surface area (TPSA) is 117 Å². The number of anilines is 1. The van der Waals surface area contributed by atoms with Gasteiger partial charge in [-0.25, -0.2) is 4.98 Å². The number of likely N-dealkylation sites (tertiary alicyclic amines) is 1. The summed E-state index contributed by atoms with van der Waals surface area (Å²) in [6.07, 6.45) is 3.55. The number of carbonyl (C=O) groups is 3. The molecular formula is C19H24Cl2N5O3+. The van der Waals surface area contributed by atoms with Crippen molar-refractivity contribution in [3.63, 3.8) is 0 Å². The van der Waals surface area contributed by atoms with Crippen molar-refractivity contribution in [3.8, 4) is 0 Å². The molecule has 8 nitrogen and oxygen atoms in total. The van der Waals surface area contributed by atoms with Gasteiger partial charge in [0.1, 0.15) is 16.2 Å². The maximum Gasteiger partial charge on any atom is 0.250 e. The second-order valence-corrected chi connectivity index (χ2v) is 8.92. The van der Waals surface area contributed by atoms with Gasteiger partial charge in [-0.2, -0.15) is 0 Å². The van der Waals surface area contributed by atoms with Crippen LogP contribution in [0, 0.1) is 5.92 Å². The average Bonchev–Trinajstić information content (AvgIpc) is 3.07. The van der Waals surface area contributed by atoms with Gasteiger partial charge in [0.25, 0.3) is 5.71 Å². The summed E-state index contributed by atoms with van der Waals surface area (Å²) >= 11 is 12.0. The summed E-state index contributed by atoms with van der Waals surface area (Å²) in [4.78, 5) is 42.5. The maximum atomic E-state index is 12.7. The first-order chi connectivity index (χ1) is 13.7. The van der Waals surface area contributed by atoms with Crippen molar-refractivity contribution in [1.82, 2.24) is 15.2 Å². The third-order valence-corrected chi connectivity index (χ3v) is 6.16. The summed E-state index contributed by atoms with van der Waals surface area (Å²) in [7, 11) is 0. The van der Waals surface area contributed by atoms with E-state index in [-0.39, 0.29) is 35.8 Å². The minimum atomic E-state index is -0.749. The molecule has 1 aromatic heterocycles. The van der Waals surface area contributed by atoms with Gasteiger partial charge in [-0.3, -0.25) is 19.8 Å². The minimum Gasteiger partial charge on any atom is -0.360 e. The van der Waals surface area contributed by atoms with E-state index in [4.69, 9.17) is 28.6 Å². The van der Waals surface area contributed by atoms with Crippen molar-refractivity contribution in [2.45, 2.75) is 36.6 Å². The van der Waals surface area contributed by atoms with Crippen molar-refractivity contribution >= 4 is 52.3 Å². The molecule has 1 aromatic rings. The Hall–Kier alpha value is -2.19. The normalized spacial score (nSPS) is 22.1. The van der Waals surface area contributed by atoms with Crippen LogP contribution < -0.4 is 16.0 Å². The summed E-state index contributed by atoms with van der Waals surface area (Å²) in [5.41, 5.74) is 0.514. The number of rotatable bonds is 8. The molecular weight excluding hydrogens is 417 g/mol. The first kappa shape index (κ1) is 21.5. The van der Waals surface area contributed by atoms with E-state index in [1.54, 1.807) is 23.2 Å². The van der Waals surface area contributed by atoms with E-state index in [1.807, 2.05) is 0 Å². The van der Waals surface area contributed by atoms with Gasteiger partial charge in [0, 0.05) is 32.1 Å². The van der Waals surface area contributed by atoms with Crippen LogP contribution in [-0.2, 0) is 14.4 Å². The van der Waals surface area contributed by atoms with E-state index < -0.39 is 10.4 Å². The zero-order valence-corrected chi connectivity index (χ0v) is 17.6. The molecule has 0 aromatic carbocycles. The van der Waals surface area contributed by atoms with Gasteiger partial charge in [-0.05, 0) is 31.4 Å². The van der Waals surface area contributed by atoms with Gasteiger partial charge in [0.2, 0.25) is 17.6 Å². The molecule has 1 saturated heterocycles. The lowest BCUT2D eigenvalue weighted by atomic mass is 10.1. The van der Waals surface area contributed by atoms with E-state index in [0.717, 1.165) is 6.42 Å². The highest BCUT2D eigenvalue weighted by molar-refractivity contribution is 6.50. The summed E-state index contributed by atoms with van der Waals surface area (Å²) in [6, 6.07) is 2.81. The largest absolute Gasteiger partial charge is 0.360 e. The van der Waals surface area contributed by atoms with Crippen LogP contribution in [0.4, 0.5) is 5.82 Å². The van der Waals surface area contributed by atoms with Crippen LogP contribution in [0.2, 0.25) is 0 Å². The third-order valence-electron chi connectivity index (χ3n) is 5.24. The summed E-state index contributed by atoms with van der Waals surface area (Å²) < 4.78 is -0.749. The SMILES string of the molecule is CC(=O)C(=[NH2+])c1cccnc1NCC(=O)N1CCC[C@H]1C(=O)NC[C@H]1CC1(Cl)Cl. The predicted octanol–water partition coefficient (Wildman–Crippen LogP) is -0.0683. The number of nitrogens with one attached hydrogen (secondary N) is 2. The molecule has 1 aliphatic carbocycles. The molecule has 0 spiro atoms. The van der Waals surface area contributed by atoms with Crippen LogP contribution >= 0.6 is 23.2 Å². The van der Waals surface area contributed by atoms with Crippen LogP contribution in [-0.4, -0.2) is 63.2 Å². The second kappa shape index (κ2) is 8.67. The highest BCUT2D eigenvalue weighted by atomic mass is 35.5. The van der Waals surface area contributed by atoms with Crippen LogP contribution in [0.3, 0.4) is 0 Å². The van der Waals surface area contributed by atoms with Crippen LogP contribution in [0.25, 0.3) is 0 Å². The Morgan fingerprint density at radius 2 is 2.10 bits per heavy atom. The first-order valence-corrected chi connectivity index (χ1v) is 10.2. The van der Waals surface area contributed by atoms with Crippen LogP contribution in [0.1, 0.15) is 31.7 Å². The summed E-state index contributed by atoms with van der Waals surface area (Å²) in [6.45, 7) is 2.22. The molecule has 1 aliphatic heterocycles. The zero-order valence-electron chi connectivity index (χ0n) is 16.1. The number of aromatic nitrogens is 1. The van der Waals surface area contributed by atoms with Gasteiger partial charge in [-0.15, -0.1) is 23.2 Å². The predicted molar refractivity (Wildman–Crippen MR) is 110 cm³/mol. The molecule has 2 aliphatic rings. The highest BCUT2D eigenvalue weighted by Gasteiger charge is 2.51. The summed E-state index contributed by atoms with van der Waals surface area (Å²) in [5.74, 6) is -0.302. The lowest BCUT2D eigenvalue weighted by Crippen LogP contribution is -2.48. The van der Waals surface area contributed by atoms with Crippen molar-refractivity contribution in [3.05, 3.63) is 23.9 Å². The van der Waals surface area contributed by atoms with Crippen molar-refractivity contribution < 1.29 is 19.8 Å². The number of Topliss-reactive ketones (excluding diaryl/α,β-unsaturated/α-hetero) is 1. The maximum absolute atomic E-state index is 12.7. The number of halogens is 2. The van der Waals surface area contributed by atoms with Crippen molar-refractivity contribution in [2.24, 2.45) is 5.92 Å². The smallest absolute Gasteiger partial charge is 0.250 e. The lowest BCUT2D eigenvalue weighted by Gasteiger charge is -2.24. The Labute approximate surface area is 178 Å². The highest BCUT2D eigenvalue weighted by Crippen LogP contribution is 2.52. The first-order valence-electron chi connectivity index (χ1n) is 9.48. The number of hydrogen-bond donors (Lipinski definition) is 3. The fourth-order valence-corrected chi connectivity index (χ4v) is 3.91. The molecule has 2 atom stereocenters. The number of hydrogen-bond acceptors (Lipinski definition) is 5. The molecule has 2 heterocycles. The number of carbonyl (C=O) groups excluding carboxylic acids is 3. The van der Waals surface area contributed by atoms with Crippen LogP contribution in [0.5, 0.6) is 0 Å². The Balaban J connectivity index is 1.57.